The highest BCUT2D eigenvalue weighted by molar-refractivity contribution is 6.31. The van der Waals surface area contributed by atoms with Crippen LogP contribution >= 0.6 is 11.6 Å². The maximum atomic E-state index is 14.4. The van der Waals surface area contributed by atoms with Crippen LogP contribution < -0.4 is 15.4 Å². The van der Waals surface area contributed by atoms with E-state index in [4.69, 9.17) is 16.3 Å². The van der Waals surface area contributed by atoms with Crippen molar-refractivity contribution in [1.29, 1.82) is 0 Å². The molecule has 1 amide bonds. The van der Waals surface area contributed by atoms with Crippen LogP contribution in [0.25, 0.3) is 10.9 Å². The molecule has 4 rings (SSSR count). The topological polar surface area (TPSA) is 79.4 Å². The number of anilines is 2. The second kappa shape index (κ2) is 9.03. The number of carbonyl (C=O) groups excluding carboxylic acids is 1. The van der Waals surface area contributed by atoms with E-state index in [-0.39, 0.29) is 22.7 Å². The Morgan fingerprint density at radius 2 is 2.19 bits per heavy atom. The van der Waals surface area contributed by atoms with Gasteiger partial charge in [-0.1, -0.05) is 17.7 Å². The van der Waals surface area contributed by atoms with E-state index in [1.165, 1.54) is 12.4 Å². The minimum atomic E-state index is -0.541. The Bertz CT molecular complexity index is 1130. The van der Waals surface area contributed by atoms with Crippen LogP contribution in [0.2, 0.25) is 5.02 Å². The highest BCUT2D eigenvalue weighted by Gasteiger charge is 2.27. The van der Waals surface area contributed by atoms with Gasteiger partial charge in [0.1, 0.15) is 17.9 Å². The molecule has 0 spiro atoms. The number of nitrogens with zero attached hydrogens (tertiary/aromatic N) is 3. The predicted molar refractivity (Wildman–Crippen MR) is 119 cm³/mol. The summed E-state index contributed by atoms with van der Waals surface area (Å²) < 4.78 is 19.9. The monoisotopic (exact) mass is 443 g/mol. The molecule has 162 valence electrons. The van der Waals surface area contributed by atoms with E-state index >= 15 is 0 Å². The molecule has 2 heterocycles. The van der Waals surface area contributed by atoms with Gasteiger partial charge in [0, 0.05) is 24.5 Å². The summed E-state index contributed by atoms with van der Waals surface area (Å²) in [7, 11) is 3.56. The number of hydrogen-bond acceptors (Lipinski definition) is 6. The van der Waals surface area contributed by atoms with Gasteiger partial charge in [0.25, 0.3) is 0 Å². The first-order valence-electron chi connectivity index (χ1n) is 9.98. The Hall–Kier alpha value is -2.97. The van der Waals surface area contributed by atoms with Crippen molar-refractivity contribution in [3.8, 4) is 5.75 Å². The van der Waals surface area contributed by atoms with E-state index in [1.54, 1.807) is 19.2 Å². The van der Waals surface area contributed by atoms with Crippen molar-refractivity contribution in [1.82, 2.24) is 20.2 Å². The lowest BCUT2D eigenvalue weighted by Crippen LogP contribution is -2.39. The summed E-state index contributed by atoms with van der Waals surface area (Å²) in [5.74, 6) is 0.700. The minimum Gasteiger partial charge on any atom is -0.496 e. The van der Waals surface area contributed by atoms with Crippen LogP contribution in [-0.4, -0.2) is 54.1 Å². The Kier molecular flexibility index (Phi) is 6.20. The Morgan fingerprint density at radius 3 is 2.94 bits per heavy atom. The van der Waals surface area contributed by atoms with E-state index in [9.17, 15) is 9.18 Å². The lowest BCUT2D eigenvalue weighted by atomic mass is 10.1. The summed E-state index contributed by atoms with van der Waals surface area (Å²) >= 11 is 5.90. The second-order valence-corrected chi connectivity index (χ2v) is 7.86. The van der Waals surface area contributed by atoms with Gasteiger partial charge in [0.05, 0.1) is 29.4 Å². The standard InChI is InChI=1S/C22H23ClFN5O2/c1-29(18-6-8-25-22(18)30)9-7-13-10-14-17(11-19(13)31-2)26-12-27-21(14)28-16-5-3-4-15(23)20(16)24/h3-5,10-12,18H,6-9H2,1-2H3,(H,25,30)(H,26,27,28)/t18-/m0/s1. The van der Waals surface area contributed by atoms with Gasteiger partial charge < -0.3 is 15.4 Å². The van der Waals surface area contributed by atoms with Gasteiger partial charge in [-0.3, -0.25) is 9.69 Å². The predicted octanol–water partition coefficient (Wildman–Crippen LogP) is 3.54. The molecule has 1 aliphatic rings. The average molecular weight is 444 g/mol. The fraction of sp³-hybridized carbons (Fsp3) is 0.318. The Balaban J connectivity index is 1.63. The quantitative estimate of drug-likeness (QED) is 0.581. The molecule has 0 radical (unpaired) electrons. The number of hydrogen-bond donors (Lipinski definition) is 2. The molecular weight excluding hydrogens is 421 g/mol. The van der Waals surface area contributed by atoms with Crippen molar-refractivity contribution in [2.24, 2.45) is 0 Å². The first kappa shape index (κ1) is 21.3. The number of methoxy groups -OCH3 is 1. The number of halogens is 2. The number of amides is 1. The maximum Gasteiger partial charge on any atom is 0.237 e. The normalized spacial score (nSPS) is 16.0. The molecule has 0 bridgehead atoms. The molecule has 9 heteroatoms. The number of fused-ring (bicyclic) bond motifs is 1. The fourth-order valence-corrected chi connectivity index (χ4v) is 3.97. The lowest BCUT2D eigenvalue weighted by Gasteiger charge is -2.22. The first-order chi connectivity index (χ1) is 15.0. The van der Waals surface area contributed by atoms with Crippen molar-refractivity contribution in [2.45, 2.75) is 18.9 Å². The zero-order chi connectivity index (χ0) is 22.0. The van der Waals surface area contributed by atoms with E-state index < -0.39 is 5.82 Å². The molecule has 1 aromatic heterocycles. The summed E-state index contributed by atoms with van der Waals surface area (Å²) in [6.45, 7) is 1.39. The molecule has 2 aromatic carbocycles. The van der Waals surface area contributed by atoms with Crippen LogP contribution in [0.4, 0.5) is 15.9 Å². The number of aromatic nitrogens is 2. The molecule has 2 N–H and O–H groups in total. The Labute approximate surface area is 184 Å². The smallest absolute Gasteiger partial charge is 0.237 e. The molecule has 0 unspecified atom stereocenters. The van der Waals surface area contributed by atoms with Crippen LogP contribution in [0.5, 0.6) is 5.75 Å². The molecule has 0 saturated carbocycles. The van der Waals surface area contributed by atoms with E-state index in [1.807, 2.05) is 24.1 Å². The van der Waals surface area contributed by atoms with E-state index in [0.717, 1.165) is 17.4 Å². The average Bonchev–Trinajstić information content (AvgIpc) is 3.20. The third-order valence-electron chi connectivity index (χ3n) is 5.53. The van der Waals surface area contributed by atoms with Crippen LogP contribution in [0.1, 0.15) is 12.0 Å². The van der Waals surface area contributed by atoms with Gasteiger partial charge in [-0.05, 0) is 43.7 Å². The van der Waals surface area contributed by atoms with Crippen molar-refractivity contribution in [3.05, 3.63) is 53.1 Å². The third-order valence-corrected chi connectivity index (χ3v) is 5.82. The van der Waals surface area contributed by atoms with Crippen LogP contribution in [0.3, 0.4) is 0 Å². The molecule has 1 aliphatic heterocycles. The van der Waals surface area contributed by atoms with Gasteiger partial charge in [-0.15, -0.1) is 0 Å². The van der Waals surface area contributed by atoms with Gasteiger partial charge >= 0.3 is 0 Å². The molecule has 3 aromatic rings. The van der Waals surface area contributed by atoms with Gasteiger partial charge in [-0.25, -0.2) is 14.4 Å². The highest BCUT2D eigenvalue weighted by Crippen LogP contribution is 2.32. The zero-order valence-corrected chi connectivity index (χ0v) is 18.0. The fourth-order valence-electron chi connectivity index (χ4n) is 3.80. The largest absolute Gasteiger partial charge is 0.496 e. The number of likely N-dealkylation sites (N-methyl/N-ethyl adjacent to an activating group) is 1. The number of rotatable bonds is 7. The molecule has 0 aliphatic carbocycles. The van der Waals surface area contributed by atoms with Gasteiger partial charge in [0.15, 0.2) is 5.82 Å². The third kappa shape index (κ3) is 4.40. The molecule has 1 saturated heterocycles. The minimum absolute atomic E-state index is 0.0321. The summed E-state index contributed by atoms with van der Waals surface area (Å²) in [4.78, 5) is 22.6. The molecule has 1 fully saturated rings. The summed E-state index contributed by atoms with van der Waals surface area (Å²) in [6.07, 6.45) is 2.88. The number of carbonyl (C=O) groups is 1. The van der Waals surface area contributed by atoms with Gasteiger partial charge in [-0.2, -0.15) is 0 Å². The van der Waals surface area contributed by atoms with Gasteiger partial charge in [0.2, 0.25) is 5.91 Å². The summed E-state index contributed by atoms with van der Waals surface area (Å²) in [5, 5.41) is 6.65. The number of benzene rings is 2. The Morgan fingerprint density at radius 1 is 1.35 bits per heavy atom. The van der Waals surface area contributed by atoms with Crippen LogP contribution in [0, 0.1) is 5.82 Å². The SMILES string of the molecule is COc1cc2ncnc(Nc3cccc(Cl)c3F)c2cc1CCN(C)[C@H]1CCNC1=O. The lowest BCUT2D eigenvalue weighted by molar-refractivity contribution is -0.123. The summed E-state index contributed by atoms with van der Waals surface area (Å²) in [6, 6.07) is 8.43. The maximum absolute atomic E-state index is 14.4. The number of ether oxygens (including phenoxy) is 1. The van der Waals surface area contributed by atoms with E-state index in [0.29, 0.717) is 36.6 Å². The van der Waals surface area contributed by atoms with E-state index in [2.05, 4.69) is 20.6 Å². The molecule has 31 heavy (non-hydrogen) atoms. The van der Waals surface area contributed by atoms with Crippen molar-refractivity contribution in [3.63, 3.8) is 0 Å². The highest BCUT2D eigenvalue weighted by atomic mass is 35.5. The molecule has 1 atom stereocenters. The van der Waals surface area contributed by atoms with Crippen LogP contribution in [0.15, 0.2) is 36.7 Å². The van der Waals surface area contributed by atoms with Crippen LogP contribution in [-0.2, 0) is 11.2 Å². The zero-order valence-electron chi connectivity index (χ0n) is 17.3. The van der Waals surface area contributed by atoms with Crippen molar-refractivity contribution >= 4 is 39.9 Å². The van der Waals surface area contributed by atoms with Crippen molar-refractivity contribution < 1.29 is 13.9 Å². The number of nitrogens with one attached hydrogen (secondary N) is 2. The molecule has 7 nitrogen and oxygen atoms in total. The molecular formula is C22H23ClFN5O2. The second-order valence-electron chi connectivity index (χ2n) is 7.46. The van der Waals surface area contributed by atoms with Crippen molar-refractivity contribution in [2.75, 3.05) is 32.6 Å². The summed E-state index contributed by atoms with van der Waals surface area (Å²) in [5.41, 5.74) is 1.85. The first-order valence-corrected chi connectivity index (χ1v) is 10.4.